The van der Waals surface area contributed by atoms with Crippen molar-refractivity contribution in [2.75, 3.05) is 11.2 Å². The van der Waals surface area contributed by atoms with Gasteiger partial charge in [-0.1, -0.05) is 17.4 Å². The lowest BCUT2D eigenvalue weighted by Crippen LogP contribution is -2.28. The summed E-state index contributed by atoms with van der Waals surface area (Å²) in [6, 6.07) is 13.8. The summed E-state index contributed by atoms with van der Waals surface area (Å²) in [6.07, 6.45) is 7.09. The number of carbonyl (C=O) groups excluding carboxylic acids is 1. The minimum absolute atomic E-state index is 0.121. The lowest BCUT2D eigenvalue weighted by molar-refractivity contribution is -0.114. The molecule has 4 rings (SSSR count). The van der Waals surface area contributed by atoms with Crippen LogP contribution in [0.4, 0.5) is 5.13 Å². The molecule has 3 heterocycles. The molecule has 4 aromatic rings. The number of thiophene rings is 1. The van der Waals surface area contributed by atoms with Gasteiger partial charge in [0.2, 0.25) is 0 Å². The molecule has 0 N–H and O–H groups in total. The maximum atomic E-state index is 12.9. The molecule has 0 saturated heterocycles. The Kier molecular flexibility index (Phi) is 5.42. The predicted molar refractivity (Wildman–Crippen MR) is 115 cm³/mol. The minimum Gasteiger partial charge on any atom is -0.467 e. The second kappa shape index (κ2) is 8.12. The van der Waals surface area contributed by atoms with Crippen LogP contribution in [0.3, 0.4) is 0 Å². The Hall–Kier alpha value is -2.35. The van der Waals surface area contributed by atoms with Gasteiger partial charge >= 0.3 is 0 Å². The standard InChI is InChI=1S/C20H16N2O2S3/c1-25-16-6-8-17-18(12-16)27-20(21-17)22(13-14-4-2-10-24-14)19(23)9-7-15-5-3-11-26-15/h2-12H,13H2,1H3/b9-7+. The number of carbonyl (C=O) groups is 1. The van der Waals surface area contributed by atoms with E-state index >= 15 is 0 Å². The lowest BCUT2D eigenvalue weighted by Gasteiger charge is -2.16. The second-order valence-electron chi connectivity index (χ2n) is 5.68. The van der Waals surface area contributed by atoms with Crippen LogP contribution < -0.4 is 4.90 Å². The van der Waals surface area contributed by atoms with Crippen molar-refractivity contribution in [3.05, 3.63) is 70.8 Å². The average molecular weight is 413 g/mol. The Morgan fingerprint density at radius 1 is 1.30 bits per heavy atom. The number of hydrogen-bond donors (Lipinski definition) is 0. The number of nitrogens with zero attached hydrogens (tertiary/aromatic N) is 2. The van der Waals surface area contributed by atoms with E-state index in [1.807, 2.05) is 54.1 Å². The maximum Gasteiger partial charge on any atom is 0.253 e. The quantitative estimate of drug-likeness (QED) is 0.291. The SMILES string of the molecule is CSc1ccc2nc(N(Cc3ccco3)C(=O)/C=C/c3cccs3)sc2c1. The Bertz CT molecular complexity index is 1070. The van der Waals surface area contributed by atoms with Gasteiger partial charge in [0, 0.05) is 15.8 Å². The maximum absolute atomic E-state index is 12.9. The molecule has 3 aromatic heterocycles. The summed E-state index contributed by atoms with van der Waals surface area (Å²) in [5.41, 5.74) is 0.896. The predicted octanol–water partition coefficient (Wildman–Crippen LogP) is 5.92. The van der Waals surface area contributed by atoms with Crippen LogP contribution in [0, 0.1) is 0 Å². The Balaban J connectivity index is 1.67. The van der Waals surface area contributed by atoms with E-state index in [4.69, 9.17) is 4.42 Å². The van der Waals surface area contributed by atoms with E-state index in [0.29, 0.717) is 11.7 Å². The molecule has 0 fully saturated rings. The molecule has 27 heavy (non-hydrogen) atoms. The van der Waals surface area contributed by atoms with Gasteiger partial charge in [0.15, 0.2) is 5.13 Å². The van der Waals surface area contributed by atoms with E-state index in [1.54, 1.807) is 40.3 Å². The van der Waals surface area contributed by atoms with E-state index < -0.39 is 0 Å². The topological polar surface area (TPSA) is 46.3 Å². The molecule has 0 bridgehead atoms. The monoisotopic (exact) mass is 412 g/mol. The van der Waals surface area contributed by atoms with E-state index in [0.717, 1.165) is 20.9 Å². The Morgan fingerprint density at radius 2 is 2.22 bits per heavy atom. The number of anilines is 1. The second-order valence-corrected chi connectivity index (χ2v) is 8.55. The molecule has 0 spiro atoms. The molecule has 0 aliphatic heterocycles. The van der Waals surface area contributed by atoms with Crippen molar-refractivity contribution in [1.82, 2.24) is 4.98 Å². The molecule has 0 aliphatic rings. The number of thioether (sulfide) groups is 1. The lowest BCUT2D eigenvalue weighted by atomic mass is 10.3. The number of furan rings is 1. The molecule has 0 aliphatic carbocycles. The minimum atomic E-state index is -0.121. The van der Waals surface area contributed by atoms with Gasteiger partial charge in [-0.05, 0) is 54.1 Å². The van der Waals surface area contributed by atoms with Gasteiger partial charge in [0.05, 0.1) is 23.0 Å². The van der Waals surface area contributed by atoms with Gasteiger partial charge in [-0.25, -0.2) is 4.98 Å². The summed E-state index contributed by atoms with van der Waals surface area (Å²) in [5, 5.41) is 2.65. The number of aromatic nitrogens is 1. The van der Waals surface area contributed by atoms with Crippen LogP contribution in [-0.4, -0.2) is 17.1 Å². The van der Waals surface area contributed by atoms with Crippen LogP contribution in [-0.2, 0) is 11.3 Å². The Labute approximate surface area is 169 Å². The Morgan fingerprint density at radius 3 is 2.96 bits per heavy atom. The van der Waals surface area contributed by atoms with Gasteiger partial charge < -0.3 is 4.42 Å². The molecular formula is C20H16N2O2S3. The highest BCUT2D eigenvalue weighted by Gasteiger charge is 2.19. The summed E-state index contributed by atoms with van der Waals surface area (Å²) in [6.45, 7) is 0.343. The molecule has 0 unspecified atom stereocenters. The molecule has 0 atom stereocenters. The third kappa shape index (κ3) is 4.16. The zero-order chi connectivity index (χ0) is 18.6. The van der Waals surface area contributed by atoms with Crippen molar-refractivity contribution < 1.29 is 9.21 Å². The van der Waals surface area contributed by atoms with E-state index in [9.17, 15) is 4.79 Å². The van der Waals surface area contributed by atoms with Crippen LogP contribution in [0.1, 0.15) is 10.6 Å². The molecular weight excluding hydrogens is 396 g/mol. The molecule has 0 radical (unpaired) electrons. The highest BCUT2D eigenvalue weighted by atomic mass is 32.2. The van der Waals surface area contributed by atoms with Crippen molar-refractivity contribution >= 4 is 61.8 Å². The van der Waals surface area contributed by atoms with Crippen molar-refractivity contribution in [3.8, 4) is 0 Å². The molecule has 1 aromatic carbocycles. The first-order valence-electron chi connectivity index (χ1n) is 8.23. The van der Waals surface area contributed by atoms with Crippen LogP contribution in [0.5, 0.6) is 0 Å². The first kappa shape index (κ1) is 18.0. The van der Waals surface area contributed by atoms with E-state index in [2.05, 4.69) is 11.1 Å². The summed E-state index contributed by atoms with van der Waals surface area (Å²) < 4.78 is 6.52. The first-order chi connectivity index (χ1) is 13.2. The molecule has 4 nitrogen and oxygen atoms in total. The van der Waals surface area contributed by atoms with Crippen molar-refractivity contribution in [2.24, 2.45) is 0 Å². The number of fused-ring (bicyclic) bond motifs is 1. The number of amides is 1. The first-order valence-corrected chi connectivity index (χ1v) is 11.1. The van der Waals surface area contributed by atoms with E-state index in [-0.39, 0.29) is 5.91 Å². The largest absolute Gasteiger partial charge is 0.467 e. The van der Waals surface area contributed by atoms with Crippen LogP contribution >= 0.6 is 34.4 Å². The highest BCUT2D eigenvalue weighted by molar-refractivity contribution is 7.98. The van der Waals surface area contributed by atoms with Crippen molar-refractivity contribution in [1.29, 1.82) is 0 Å². The third-order valence-corrected chi connectivity index (χ3v) is 6.51. The highest BCUT2D eigenvalue weighted by Crippen LogP contribution is 2.32. The summed E-state index contributed by atoms with van der Waals surface area (Å²) in [5.74, 6) is 0.598. The molecule has 136 valence electrons. The van der Waals surface area contributed by atoms with E-state index in [1.165, 1.54) is 16.2 Å². The van der Waals surface area contributed by atoms with Crippen molar-refractivity contribution in [3.63, 3.8) is 0 Å². The third-order valence-electron chi connectivity index (χ3n) is 3.91. The fourth-order valence-corrected chi connectivity index (χ4v) is 4.70. The van der Waals surface area contributed by atoms with Crippen LogP contribution in [0.15, 0.2) is 69.5 Å². The van der Waals surface area contributed by atoms with Crippen LogP contribution in [0.25, 0.3) is 16.3 Å². The van der Waals surface area contributed by atoms with Gasteiger partial charge in [-0.2, -0.15) is 0 Å². The van der Waals surface area contributed by atoms with Gasteiger partial charge in [-0.3, -0.25) is 9.69 Å². The van der Waals surface area contributed by atoms with Gasteiger partial charge in [0.25, 0.3) is 5.91 Å². The number of rotatable bonds is 6. The summed E-state index contributed by atoms with van der Waals surface area (Å²) in [7, 11) is 0. The normalized spacial score (nSPS) is 11.4. The van der Waals surface area contributed by atoms with Gasteiger partial charge in [0.1, 0.15) is 5.76 Å². The fraction of sp³-hybridized carbons (Fsp3) is 0.100. The number of benzene rings is 1. The number of hydrogen-bond acceptors (Lipinski definition) is 6. The summed E-state index contributed by atoms with van der Waals surface area (Å²) in [4.78, 5) is 21.5. The van der Waals surface area contributed by atoms with Crippen molar-refractivity contribution in [2.45, 2.75) is 11.4 Å². The number of thiazole rings is 1. The smallest absolute Gasteiger partial charge is 0.253 e. The average Bonchev–Trinajstić information content (AvgIpc) is 3.45. The molecule has 7 heteroatoms. The summed E-state index contributed by atoms with van der Waals surface area (Å²) >= 11 is 4.80. The zero-order valence-electron chi connectivity index (χ0n) is 14.5. The molecule has 1 amide bonds. The van der Waals surface area contributed by atoms with Crippen LogP contribution in [0.2, 0.25) is 0 Å². The zero-order valence-corrected chi connectivity index (χ0v) is 16.9. The molecule has 0 saturated carbocycles. The van der Waals surface area contributed by atoms with Gasteiger partial charge in [-0.15, -0.1) is 23.1 Å². The fourth-order valence-electron chi connectivity index (χ4n) is 2.56.